The Labute approximate surface area is 191 Å². The number of benzene rings is 3. The molecule has 0 heterocycles. The summed E-state index contributed by atoms with van der Waals surface area (Å²) in [5.74, 6) is 0. The van der Waals surface area contributed by atoms with Crippen molar-refractivity contribution in [2.75, 3.05) is 0 Å². The zero-order chi connectivity index (χ0) is 22.4. The lowest BCUT2D eigenvalue weighted by Crippen LogP contribution is -3.61. The van der Waals surface area contributed by atoms with E-state index in [1.54, 1.807) is 12.1 Å². The Morgan fingerprint density at radius 2 is 1.17 bits per heavy atom. The van der Waals surface area contributed by atoms with Crippen molar-refractivity contribution >= 4 is 10.1 Å². The smallest absolute Gasteiger partial charge is 0.357 e. The Morgan fingerprint density at radius 3 is 1.57 bits per heavy atom. The number of rotatable bonds is 5. The molecule has 3 aromatic carbocycles. The topological polar surface area (TPSA) is 57.2 Å². The van der Waals surface area contributed by atoms with Crippen molar-refractivity contribution in [3.8, 4) is 0 Å². The van der Waals surface area contributed by atoms with Crippen LogP contribution in [0.4, 0.5) is 0 Å². The quantitative estimate of drug-likeness (QED) is 0.373. The van der Waals surface area contributed by atoms with Crippen molar-refractivity contribution in [2.45, 2.75) is 51.3 Å². The molecule has 3 nitrogen and oxygen atoms in total. The zero-order valence-corrected chi connectivity index (χ0v) is 21.1. The van der Waals surface area contributed by atoms with Crippen LogP contribution in [0.15, 0.2) is 77.7 Å². The molecule has 0 spiro atoms. The summed E-state index contributed by atoms with van der Waals surface area (Å²) in [6.45, 7) is 10.9. The van der Waals surface area contributed by atoms with Crippen LogP contribution < -0.4 is 21.2 Å². The summed E-state index contributed by atoms with van der Waals surface area (Å²) in [6, 6.07) is 24.0. The van der Waals surface area contributed by atoms with E-state index in [-0.39, 0.29) is 26.1 Å². The molecular formula is C25H29IO3S. The lowest BCUT2D eigenvalue weighted by Gasteiger charge is -2.22. The Hall–Kier alpha value is -1.70. The van der Waals surface area contributed by atoms with Crippen molar-refractivity contribution < 1.29 is 34.2 Å². The summed E-state index contributed by atoms with van der Waals surface area (Å²) in [5.41, 5.74) is 4.01. The van der Waals surface area contributed by atoms with Crippen molar-refractivity contribution in [3.63, 3.8) is 0 Å². The van der Waals surface area contributed by atoms with E-state index in [9.17, 15) is 13.0 Å². The first kappa shape index (κ1) is 24.6. The molecule has 0 saturated heterocycles. The lowest BCUT2D eigenvalue weighted by atomic mass is 9.82. The molecule has 3 aromatic rings. The van der Waals surface area contributed by atoms with E-state index in [0.29, 0.717) is 5.41 Å². The molecular weight excluding hydrogens is 507 g/mol. The summed E-state index contributed by atoms with van der Waals surface area (Å²) >= 11 is -0.0381. The van der Waals surface area contributed by atoms with Gasteiger partial charge in [-0.2, -0.15) is 0 Å². The van der Waals surface area contributed by atoms with Gasteiger partial charge < -0.3 is 4.55 Å². The molecule has 0 fully saturated rings. The second-order valence-electron chi connectivity index (χ2n) is 7.90. The highest BCUT2D eigenvalue weighted by atomic mass is 127. The third-order valence-electron chi connectivity index (χ3n) is 5.05. The van der Waals surface area contributed by atoms with Gasteiger partial charge in [0.2, 0.25) is 0 Å². The van der Waals surface area contributed by atoms with Gasteiger partial charge in [0.05, 0.1) is 4.90 Å². The molecule has 0 aliphatic carbocycles. The number of halogens is 1. The summed E-state index contributed by atoms with van der Waals surface area (Å²) in [5, 5.41) is 0. The second kappa shape index (κ2) is 10.6. The van der Waals surface area contributed by atoms with Gasteiger partial charge in [0.25, 0.3) is 0 Å². The molecule has 0 aromatic heterocycles. The monoisotopic (exact) mass is 536 g/mol. The molecule has 0 radical (unpaired) electrons. The largest absolute Gasteiger partial charge is 0.744 e. The Bertz CT molecular complexity index is 1040. The molecule has 0 aliphatic rings. The highest BCUT2D eigenvalue weighted by Gasteiger charge is 2.20. The first-order valence-electron chi connectivity index (χ1n) is 9.86. The maximum atomic E-state index is 10.4. The minimum absolute atomic E-state index is 0.0381. The van der Waals surface area contributed by atoms with Crippen LogP contribution >= 0.6 is 0 Å². The van der Waals surface area contributed by atoms with Gasteiger partial charge in [-0.25, -0.2) is 8.42 Å². The predicted molar refractivity (Wildman–Crippen MR) is 117 cm³/mol. The zero-order valence-electron chi connectivity index (χ0n) is 18.1. The maximum Gasteiger partial charge on any atom is 0.357 e. The Balaban J connectivity index is 0.000000248. The van der Waals surface area contributed by atoms with Crippen molar-refractivity contribution in [2.24, 2.45) is 0 Å². The van der Waals surface area contributed by atoms with Gasteiger partial charge in [-0.3, -0.25) is 0 Å². The van der Waals surface area contributed by atoms with Crippen molar-refractivity contribution in [1.82, 2.24) is 0 Å². The molecule has 0 amide bonds. The van der Waals surface area contributed by atoms with Crippen LogP contribution in [0, 0.1) is 21.0 Å². The molecule has 0 N–H and O–H groups in total. The number of hydrogen-bond donors (Lipinski definition) is 0. The lowest BCUT2D eigenvalue weighted by molar-refractivity contribution is -0.597. The Kier molecular flexibility index (Phi) is 8.64. The molecule has 5 heteroatoms. The fraction of sp³-hybridized carbons (Fsp3) is 0.280. The van der Waals surface area contributed by atoms with E-state index < -0.39 is 10.1 Å². The average molecular weight is 536 g/mol. The van der Waals surface area contributed by atoms with Gasteiger partial charge >= 0.3 is 21.2 Å². The van der Waals surface area contributed by atoms with E-state index in [1.807, 2.05) is 6.92 Å². The fourth-order valence-corrected chi connectivity index (χ4v) is 5.22. The van der Waals surface area contributed by atoms with Gasteiger partial charge in [0, 0.05) is 0 Å². The SMILES string of the molecule is CCC(C)(C)c1ccc([I+]c2ccc(C)cc2)cc1.Cc1ccc(S(=O)(=O)[O-])cc1. The minimum atomic E-state index is -4.27. The average Bonchev–Trinajstić information content (AvgIpc) is 2.70. The van der Waals surface area contributed by atoms with Crippen LogP contribution in [-0.2, 0) is 15.5 Å². The van der Waals surface area contributed by atoms with Crippen molar-refractivity contribution in [3.05, 3.63) is 96.6 Å². The first-order chi connectivity index (χ1) is 14.0. The van der Waals surface area contributed by atoms with E-state index in [0.717, 1.165) is 5.56 Å². The van der Waals surface area contributed by atoms with Gasteiger partial charge in [-0.1, -0.05) is 68.3 Å². The third-order valence-corrected chi connectivity index (χ3v) is 8.58. The molecule has 0 unspecified atom stereocenters. The third kappa shape index (κ3) is 7.52. The molecule has 0 saturated carbocycles. The molecule has 30 heavy (non-hydrogen) atoms. The standard InChI is InChI=1S/C18H22I.C7H8O3S/c1-5-18(3,4)15-8-12-17(13-9-15)19-16-10-6-14(2)7-11-16;1-6-2-4-7(5-3-6)11(8,9)10/h6-13H,5H2,1-4H3;2-5H,1H3,(H,8,9,10)/q+1;/p-1. The number of aryl methyl sites for hydroxylation is 2. The highest BCUT2D eigenvalue weighted by Crippen LogP contribution is 2.25. The molecule has 3 rings (SSSR count). The van der Waals surface area contributed by atoms with Crippen LogP contribution in [-0.4, -0.2) is 13.0 Å². The van der Waals surface area contributed by atoms with E-state index >= 15 is 0 Å². The van der Waals surface area contributed by atoms with Crippen LogP contribution in [0.1, 0.15) is 43.9 Å². The van der Waals surface area contributed by atoms with Gasteiger partial charge in [0.1, 0.15) is 10.1 Å². The van der Waals surface area contributed by atoms with Crippen LogP contribution in [0.5, 0.6) is 0 Å². The van der Waals surface area contributed by atoms with Gasteiger partial charge in [-0.05, 0) is 67.6 Å². The van der Waals surface area contributed by atoms with E-state index in [4.69, 9.17) is 0 Å². The summed E-state index contributed by atoms with van der Waals surface area (Å²) in [7, 11) is -4.27. The second-order valence-corrected chi connectivity index (χ2v) is 12.3. The predicted octanol–water partition coefficient (Wildman–Crippen LogP) is 2.71. The summed E-state index contributed by atoms with van der Waals surface area (Å²) in [4.78, 5) is -0.178. The van der Waals surface area contributed by atoms with Gasteiger partial charge in [-0.15, -0.1) is 0 Å². The van der Waals surface area contributed by atoms with Crippen LogP contribution in [0.25, 0.3) is 0 Å². The normalized spacial score (nSPS) is 11.5. The molecule has 160 valence electrons. The molecule has 0 atom stereocenters. The summed E-state index contributed by atoms with van der Waals surface area (Å²) in [6.07, 6.45) is 1.18. The molecule has 0 aliphatic heterocycles. The minimum Gasteiger partial charge on any atom is -0.744 e. The van der Waals surface area contributed by atoms with Crippen LogP contribution in [0.3, 0.4) is 0 Å². The number of hydrogen-bond acceptors (Lipinski definition) is 3. The Morgan fingerprint density at radius 1 is 0.767 bits per heavy atom. The maximum absolute atomic E-state index is 10.4. The van der Waals surface area contributed by atoms with E-state index in [1.165, 1.54) is 36.8 Å². The van der Waals surface area contributed by atoms with E-state index in [2.05, 4.69) is 76.2 Å². The fourth-order valence-electron chi connectivity index (χ4n) is 2.60. The van der Waals surface area contributed by atoms with Gasteiger partial charge in [0.15, 0.2) is 7.14 Å². The van der Waals surface area contributed by atoms with Crippen LogP contribution in [0.2, 0.25) is 0 Å². The molecule has 0 bridgehead atoms. The first-order valence-corrected chi connectivity index (χ1v) is 13.4. The summed E-state index contributed by atoms with van der Waals surface area (Å²) < 4.78 is 34.2. The van der Waals surface area contributed by atoms with Crippen molar-refractivity contribution in [1.29, 1.82) is 0 Å². The highest BCUT2D eigenvalue weighted by molar-refractivity contribution is 7.85.